The number of hydrogen-bond donors (Lipinski definition) is 3. The minimum absolute atomic E-state index is 0. The zero-order chi connectivity index (χ0) is 17.6. The number of hydrogen-bond acceptors (Lipinski definition) is 4. The molecule has 1 fully saturated rings. The predicted octanol–water partition coefficient (Wildman–Crippen LogP) is 3.63. The van der Waals surface area contributed by atoms with E-state index < -0.39 is 0 Å². The molecule has 2 unspecified atom stereocenters. The topological polar surface area (TPSA) is 97.1 Å². The molecule has 8 heteroatoms. The summed E-state index contributed by atoms with van der Waals surface area (Å²) in [5.74, 6) is 0.159. The minimum Gasteiger partial charge on any atom is -0.328 e. The number of nitrogens with zero attached hydrogens (tertiary/aromatic N) is 1. The molecule has 27 heavy (non-hydrogen) atoms. The molecule has 2 atom stereocenters. The van der Waals surface area contributed by atoms with Crippen LogP contribution in [-0.4, -0.2) is 22.8 Å². The van der Waals surface area contributed by atoms with Gasteiger partial charge in [-0.1, -0.05) is 24.6 Å². The van der Waals surface area contributed by atoms with Crippen LogP contribution in [0.4, 0.5) is 11.5 Å². The molecule has 1 aromatic heterocycles. The third-order valence-electron chi connectivity index (χ3n) is 4.39. The maximum Gasteiger partial charge on any atom is 0.256 e. The van der Waals surface area contributed by atoms with Gasteiger partial charge in [0.2, 0.25) is 5.91 Å². The monoisotopic (exact) mass is 410 g/mol. The Morgan fingerprint density at radius 1 is 1.00 bits per heavy atom. The number of halogens is 2. The van der Waals surface area contributed by atoms with Crippen molar-refractivity contribution in [3.63, 3.8) is 0 Å². The second-order valence-corrected chi connectivity index (χ2v) is 6.37. The summed E-state index contributed by atoms with van der Waals surface area (Å²) < 4.78 is 0. The van der Waals surface area contributed by atoms with Crippen LogP contribution >= 0.6 is 24.8 Å². The second-order valence-electron chi connectivity index (χ2n) is 6.37. The molecular formula is C19H24Cl2N4O2. The number of carbonyl (C=O) groups is 2. The standard InChI is InChI=1S/C19H22N4O2.2ClH/c20-15-8-4-7-14(11-15)19(25)22-16-9-10-17(21-12-16)23-18(24)13-5-2-1-3-6-13;;/h1-3,5-6,9-10,12,14-15H,4,7-8,11,20H2,(H,22,25)(H,21,23,24);2*1H. The van der Waals surface area contributed by atoms with Crippen LogP contribution in [0.25, 0.3) is 0 Å². The second kappa shape index (κ2) is 10.9. The van der Waals surface area contributed by atoms with E-state index in [2.05, 4.69) is 15.6 Å². The van der Waals surface area contributed by atoms with Crippen molar-refractivity contribution in [1.29, 1.82) is 0 Å². The summed E-state index contributed by atoms with van der Waals surface area (Å²) in [6.07, 6.45) is 5.12. The zero-order valence-corrected chi connectivity index (χ0v) is 16.4. The highest BCUT2D eigenvalue weighted by Gasteiger charge is 2.25. The van der Waals surface area contributed by atoms with Crippen LogP contribution in [0.5, 0.6) is 0 Å². The maximum atomic E-state index is 12.3. The molecule has 4 N–H and O–H groups in total. The lowest BCUT2D eigenvalue weighted by Gasteiger charge is -2.25. The Labute approximate surface area is 171 Å². The van der Waals surface area contributed by atoms with Gasteiger partial charge in [-0.15, -0.1) is 24.8 Å². The summed E-state index contributed by atoms with van der Waals surface area (Å²) in [5.41, 5.74) is 7.12. The minimum atomic E-state index is -0.221. The van der Waals surface area contributed by atoms with Crippen LogP contribution in [-0.2, 0) is 4.79 Å². The third kappa shape index (κ3) is 6.50. The lowest BCUT2D eigenvalue weighted by Crippen LogP contribution is -2.34. The number of carbonyl (C=O) groups excluding carboxylic acids is 2. The van der Waals surface area contributed by atoms with Crippen molar-refractivity contribution in [2.24, 2.45) is 11.7 Å². The number of benzene rings is 1. The summed E-state index contributed by atoms with van der Waals surface area (Å²) in [6, 6.07) is 12.4. The molecular weight excluding hydrogens is 387 g/mol. The fourth-order valence-corrected chi connectivity index (χ4v) is 3.03. The van der Waals surface area contributed by atoms with Gasteiger partial charge in [0, 0.05) is 17.5 Å². The Morgan fingerprint density at radius 3 is 2.37 bits per heavy atom. The highest BCUT2D eigenvalue weighted by Crippen LogP contribution is 2.24. The normalized spacial score (nSPS) is 18.4. The van der Waals surface area contributed by atoms with Gasteiger partial charge in [-0.2, -0.15) is 0 Å². The number of rotatable bonds is 4. The van der Waals surface area contributed by atoms with Gasteiger partial charge in [-0.25, -0.2) is 4.98 Å². The van der Waals surface area contributed by atoms with Gasteiger partial charge < -0.3 is 16.4 Å². The summed E-state index contributed by atoms with van der Waals surface area (Å²) >= 11 is 0. The summed E-state index contributed by atoms with van der Waals surface area (Å²) in [7, 11) is 0. The molecule has 0 spiro atoms. The first kappa shape index (κ1) is 22.9. The van der Waals surface area contributed by atoms with E-state index in [1.807, 2.05) is 6.07 Å². The Hall–Kier alpha value is -2.15. The average molecular weight is 411 g/mol. The van der Waals surface area contributed by atoms with E-state index in [-0.39, 0.29) is 48.6 Å². The predicted molar refractivity (Wildman–Crippen MR) is 112 cm³/mol. The molecule has 0 bridgehead atoms. The molecule has 0 radical (unpaired) electrons. The van der Waals surface area contributed by atoms with Gasteiger partial charge in [0.25, 0.3) is 5.91 Å². The molecule has 0 saturated heterocycles. The van der Waals surface area contributed by atoms with E-state index in [4.69, 9.17) is 5.73 Å². The van der Waals surface area contributed by atoms with E-state index in [9.17, 15) is 9.59 Å². The van der Waals surface area contributed by atoms with Gasteiger partial charge >= 0.3 is 0 Å². The fourth-order valence-electron chi connectivity index (χ4n) is 3.03. The zero-order valence-electron chi connectivity index (χ0n) is 14.8. The molecule has 1 heterocycles. The van der Waals surface area contributed by atoms with E-state index in [1.165, 1.54) is 0 Å². The maximum absolute atomic E-state index is 12.3. The number of nitrogens with one attached hydrogen (secondary N) is 2. The van der Waals surface area contributed by atoms with Crippen LogP contribution in [0.1, 0.15) is 36.0 Å². The number of anilines is 2. The largest absolute Gasteiger partial charge is 0.328 e. The fraction of sp³-hybridized carbons (Fsp3) is 0.316. The lowest BCUT2D eigenvalue weighted by molar-refractivity contribution is -0.120. The first-order valence-electron chi connectivity index (χ1n) is 8.51. The van der Waals surface area contributed by atoms with E-state index >= 15 is 0 Å². The first-order valence-corrected chi connectivity index (χ1v) is 8.51. The van der Waals surface area contributed by atoms with Gasteiger partial charge in [-0.05, 0) is 43.5 Å². The number of pyridine rings is 1. The molecule has 1 saturated carbocycles. The van der Waals surface area contributed by atoms with Crippen LogP contribution < -0.4 is 16.4 Å². The molecule has 1 aromatic carbocycles. The van der Waals surface area contributed by atoms with Crippen molar-refractivity contribution in [2.45, 2.75) is 31.7 Å². The lowest BCUT2D eigenvalue weighted by atomic mass is 9.85. The van der Waals surface area contributed by atoms with Crippen molar-refractivity contribution >= 4 is 48.1 Å². The van der Waals surface area contributed by atoms with Gasteiger partial charge in [0.1, 0.15) is 5.82 Å². The molecule has 1 aliphatic rings. The third-order valence-corrected chi connectivity index (χ3v) is 4.39. The van der Waals surface area contributed by atoms with Gasteiger partial charge in [0.15, 0.2) is 0 Å². The van der Waals surface area contributed by atoms with Crippen LogP contribution in [0.3, 0.4) is 0 Å². The molecule has 3 rings (SSSR count). The molecule has 146 valence electrons. The molecule has 2 aromatic rings. The summed E-state index contributed by atoms with van der Waals surface area (Å²) in [5, 5.41) is 5.60. The van der Waals surface area contributed by atoms with Crippen LogP contribution in [0.2, 0.25) is 0 Å². The molecule has 2 amide bonds. The average Bonchev–Trinajstić information content (AvgIpc) is 2.64. The Morgan fingerprint density at radius 2 is 1.74 bits per heavy atom. The van der Waals surface area contributed by atoms with Gasteiger partial charge in [0.05, 0.1) is 11.9 Å². The number of nitrogens with two attached hydrogens (primary N) is 1. The number of amides is 2. The Kier molecular flexibility index (Phi) is 9.21. The number of aromatic nitrogens is 1. The highest BCUT2D eigenvalue weighted by molar-refractivity contribution is 6.03. The van der Waals surface area contributed by atoms with Crippen molar-refractivity contribution in [3.8, 4) is 0 Å². The summed E-state index contributed by atoms with van der Waals surface area (Å²) in [4.78, 5) is 28.6. The van der Waals surface area contributed by atoms with Crippen molar-refractivity contribution in [2.75, 3.05) is 10.6 Å². The van der Waals surface area contributed by atoms with Crippen molar-refractivity contribution in [1.82, 2.24) is 4.98 Å². The van der Waals surface area contributed by atoms with Crippen molar-refractivity contribution in [3.05, 3.63) is 54.2 Å². The smallest absolute Gasteiger partial charge is 0.256 e. The SMILES string of the molecule is Cl.Cl.NC1CCCC(C(=O)Nc2ccc(NC(=O)c3ccccc3)nc2)C1. The quantitative estimate of drug-likeness (QED) is 0.716. The van der Waals surface area contributed by atoms with Crippen molar-refractivity contribution < 1.29 is 9.59 Å². The molecule has 6 nitrogen and oxygen atoms in total. The van der Waals surface area contributed by atoms with Crippen LogP contribution in [0, 0.1) is 5.92 Å². The highest BCUT2D eigenvalue weighted by atomic mass is 35.5. The summed E-state index contributed by atoms with van der Waals surface area (Å²) in [6.45, 7) is 0. The van der Waals surface area contributed by atoms with E-state index in [0.29, 0.717) is 17.1 Å². The molecule has 0 aliphatic heterocycles. The Bertz CT molecular complexity index is 741. The van der Waals surface area contributed by atoms with Crippen LogP contribution in [0.15, 0.2) is 48.7 Å². The molecule has 1 aliphatic carbocycles. The van der Waals surface area contributed by atoms with E-state index in [1.54, 1.807) is 42.6 Å². The van der Waals surface area contributed by atoms with Gasteiger partial charge in [-0.3, -0.25) is 9.59 Å². The Balaban J connectivity index is 0.00000182. The van der Waals surface area contributed by atoms with E-state index in [0.717, 1.165) is 25.7 Å². The first-order chi connectivity index (χ1) is 12.1.